The van der Waals surface area contributed by atoms with Crippen LogP contribution in [0.25, 0.3) is 0 Å². The first-order valence-corrected chi connectivity index (χ1v) is 9.66. The number of carbonyl (C=O) groups excluding carboxylic acids is 2. The maximum absolute atomic E-state index is 12.9. The fourth-order valence-corrected chi connectivity index (χ4v) is 3.91. The quantitative estimate of drug-likeness (QED) is 0.808. The van der Waals surface area contributed by atoms with Crippen molar-refractivity contribution in [1.29, 1.82) is 0 Å². The number of carbonyl (C=O) groups is 2. The third kappa shape index (κ3) is 5.20. The lowest BCUT2D eigenvalue weighted by molar-refractivity contribution is -0.139. The molecule has 1 saturated carbocycles. The van der Waals surface area contributed by atoms with E-state index in [0.29, 0.717) is 18.3 Å². The Bertz CT molecular complexity index is 424. The number of likely N-dealkylation sites (N-methyl/N-ethyl adjacent to an activating group) is 1. The van der Waals surface area contributed by atoms with Crippen LogP contribution in [0.3, 0.4) is 0 Å². The first-order chi connectivity index (χ1) is 11.4. The number of piperazine rings is 1. The van der Waals surface area contributed by atoms with Crippen LogP contribution >= 0.6 is 0 Å². The summed E-state index contributed by atoms with van der Waals surface area (Å²) in [6.07, 6.45) is 5.48. The van der Waals surface area contributed by atoms with Crippen LogP contribution in [0.5, 0.6) is 0 Å². The standard InChI is InChI=1S/C19H35N3O2/c1-14(2)13-17(19(24)22-11-9-21(4)10-12-22)20-18(23)15(3)16-7-5-6-8-16/h14-17H,5-13H2,1-4H3,(H,20,23)/t15?,17-/m1/s1. The Kier molecular flexibility index (Phi) is 7.08. The molecule has 1 aliphatic carbocycles. The molecule has 2 aliphatic rings. The van der Waals surface area contributed by atoms with E-state index in [-0.39, 0.29) is 23.8 Å². The number of hydrogen-bond acceptors (Lipinski definition) is 3. The van der Waals surface area contributed by atoms with E-state index in [1.165, 1.54) is 12.8 Å². The molecule has 2 amide bonds. The minimum absolute atomic E-state index is 0.0162. The van der Waals surface area contributed by atoms with Crippen molar-refractivity contribution in [2.45, 2.75) is 58.9 Å². The molecule has 0 spiro atoms. The molecule has 0 aromatic rings. The highest BCUT2D eigenvalue weighted by Gasteiger charge is 2.32. The van der Waals surface area contributed by atoms with Crippen LogP contribution in [0.2, 0.25) is 0 Å². The molecule has 1 saturated heterocycles. The predicted molar refractivity (Wildman–Crippen MR) is 96.6 cm³/mol. The minimum Gasteiger partial charge on any atom is -0.344 e. The van der Waals surface area contributed by atoms with Gasteiger partial charge >= 0.3 is 0 Å². The highest BCUT2D eigenvalue weighted by Crippen LogP contribution is 2.31. The lowest BCUT2D eigenvalue weighted by Crippen LogP contribution is -2.55. The van der Waals surface area contributed by atoms with Gasteiger partial charge in [-0.25, -0.2) is 0 Å². The van der Waals surface area contributed by atoms with Gasteiger partial charge < -0.3 is 15.1 Å². The van der Waals surface area contributed by atoms with Crippen molar-refractivity contribution in [2.24, 2.45) is 17.8 Å². The summed E-state index contributed by atoms with van der Waals surface area (Å²) < 4.78 is 0. The molecule has 0 aromatic carbocycles. The molecule has 2 fully saturated rings. The van der Waals surface area contributed by atoms with Gasteiger partial charge in [-0.2, -0.15) is 0 Å². The maximum Gasteiger partial charge on any atom is 0.245 e. The molecule has 5 nitrogen and oxygen atoms in total. The molecule has 5 heteroatoms. The Hall–Kier alpha value is -1.10. The lowest BCUT2D eigenvalue weighted by Gasteiger charge is -2.35. The molecule has 2 rings (SSSR count). The van der Waals surface area contributed by atoms with E-state index in [1.807, 2.05) is 11.8 Å². The number of rotatable bonds is 6. The van der Waals surface area contributed by atoms with Gasteiger partial charge in [0.25, 0.3) is 0 Å². The summed E-state index contributed by atoms with van der Waals surface area (Å²) in [5.41, 5.74) is 0. The number of nitrogens with zero attached hydrogens (tertiary/aromatic N) is 2. The van der Waals surface area contributed by atoms with Gasteiger partial charge in [-0.1, -0.05) is 33.6 Å². The van der Waals surface area contributed by atoms with Gasteiger partial charge in [0.2, 0.25) is 11.8 Å². The summed E-state index contributed by atoms with van der Waals surface area (Å²) in [7, 11) is 2.08. The third-order valence-electron chi connectivity index (χ3n) is 5.66. The normalized spacial score (nSPS) is 22.6. The predicted octanol–water partition coefficient (Wildman–Crippen LogP) is 2.12. The second kappa shape index (κ2) is 8.84. The summed E-state index contributed by atoms with van der Waals surface area (Å²) in [5.74, 6) is 1.05. The Balaban J connectivity index is 1.96. The van der Waals surface area contributed by atoms with Crippen LogP contribution in [0.15, 0.2) is 0 Å². The lowest BCUT2D eigenvalue weighted by atomic mass is 9.91. The Morgan fingerprint density at radius 1 is 1.04 bits per heavy atom. The van der Waals surface area contributed by atoms with Crippen molar-refractivity contribution >= 4 is 11.8 Å². The van der Waals surface area contributed by atoms with Crippen LogP contribution in [-0.4, -0.2) is 60.9 Å². The van der Waals surface area contributed by atoms with Crippen LogP contribution in [0.4, 0.5) is 0 Å². The average molecular weight is 338 g/mol. The topological polar surface area (TPSA) is 52.7 Å². The van der Waals surface area contributed by atoms with Gasteiger partial charge in [0.05, 0.1) is 0 Å². The van der Waals surface area contributed by atoms with Crippen molar-refractivity contribution in [1.82, 2.24) is 15.1 Å². The average Bonchev–Trinajstić information content (AvgIpc) is 3.07. The van der Waals surface area contributed by atoms with E-state index in [9.17, 15) is 9.59 Å². The summed E-state index contributed by atoms with van der Waals surface area (Å²) in [4.78, 5) is 29.7. The largest absolute Gasteiger partial charge is 0.344 e. The van der Waals surface area contributed by atoms with Gasteiger partial charge in [0.15, 0.2) is 0 Å². The zero-order valence-corrected chi connectivity index (χ0v) is 15.9. The van der Waals surface area contributed by atoms with E-state index in [4.69, 9.17) is 0 Å². The molecular formula is C19H35N3O2. The van der Waals surface area contributed by atoms with Gasteiger partial charge in [-0.15, -0.1) is 0 Å². The van der Waals surface area contributed by atoms with Crippen molar-refractivity contribution in [2.75, 3.05) is 33.2 Å². The van der Waals surface area contributed by atoms with Crippen molar-refractivity contribution in [3.8, 4) is 0 Å². The fourth-order valence-electron chi connectivity index (χ4n) is 3.91. The highest BCUT2D eigenvalue weighted by atomic mass is 16.2. The van der Waals surface area contributed by atoms with Crippen LogP contribution in [0.1, 0.15) is 52.9 Å². The molecule has 1 heterocycles. The van der Waals surface area contributed by atoms with Crippen LogP contribution in [0, 0.1) is 17.8 Å². The first-order valence-electron chi connectivity index (χ1n) is 9.66. The van der Waals surface area contributed by atoms with E-state index in [0.717, 1.165) is 39.0 Å². The SMILES string of the molecule is CC(C)C[C@@H](NC(=O)C(C)C1CCCC1)C(=O)N1CCN(C)CC1. The van der Waals surface area contributed by atoms with E-state index in [1.54, 1.807) is 0 Å². The van der Waals surface area contributed by atoms with E-state index in [2.05, 4.69) is 31.1 Å². The minimum atomic E-state index is -0.371. The summed E-state index contributed by atoms with van der Waals surface area (Å²) in [6, 6.07) is -0.371. The Labute approximate surface area is 147 Å². The smallest absolute Gasteiger partial charge is 0.245 e. The van der Waals surface area contributed by atoms with Crippen molar-refractivity contribution < 1.29 is 9.59 Å². The number of nitrogens with one attached hydrogen (secondary N) is 1. The molecule has 0 radical (unpaired) electrons. The fraction of sp³-hybridized carbons (Fsp3) is 0.895. The van der Waals surface area contributed by atoms with Crippen LogP contribution in [-0.2, 0) is 9.59 Å². The third-order valence-corrected chi connectivity index (χ3v) is 5.66. The highest BCUT2D eigenvalue weighted by molar-refractivity contribution is 5.88. The summed E-state index contributed by atoms with van der Waals surface area (Å²) in [6.45, 7) is 9.58. The molecule has 138 valence electrons. The second-order valence-electron chi connectivity index (χ2n) is 8.15. The summed E-state index contributed by atoms with van der Waals surface area (Å²) >= 11 is 0. The number of hydrogen-bond donors (Lipinski definition) is 1. The maximum atomic E-state index is 12.9. The Morgan fingerprint density at radius 2 is 1.62 bits per heavy atom. The summed E-state index contributed by atoms with van der Waals surface area (Å²) in [5, 5.41) is 3.09. The zero-order valence-electron chi connectivity index (χ0n) is 15.9. The molecule has 2 atom stereocenters. The monoisotopic (exact) mass is 337 g/mol. The van der Waals surface area contributed by atoms with Gasteiger partial charge in [0, 0.05) is 32.1 Å². The Morgan fingerprint density at radius 3 is 2.17 bits per heavy atom. The molecule has 1 aliphatic heterocycles. The molecule has 0 bridgehead atoms. The number of amides is 2. The molecule has 1 unspecified atom stereocenters. The molecule has 1 N–H and O–H groups in total. The van der Waals surface area contributed by atoms with E-state index < -0.39 is 0 Å². The van der Waals surface area contributed by atoms with Gasteiger partial charge in [-0.05, 0) is 38.1 Å². The van der Waals surface area contributed by atoms with Crippen LogP contribution < -0.4 is 5.32 Å². The molecule has 0 aromatic heterocycles. The molecule has 24 heavy (non-hydrogen) atoms. The van der Waals surface area contributed by atoms with Gasteiger partial charge in [0.1, 0.15) is 6.04 Å². The van der Waals surface area contributed by atoms with Gasteiger partial charge in [-0.3, -0.25) is 9.59 Å². The zero-order chi connectivity index (χ0) is 17.7. The molecular weight excluding hydrogens is 302 g/mol. The van der Waals surface area contributed by atoms with E-state index >= 15 is 0 Å². The van der Waals surface area contributed by atoms with Crippen molar-refractivity contribution in [3.63, 3.8) is 0 Å². The first kappa shape index (κ1) is 19.2. The second-order valence-corrected chi connectivity index (χ2v) is 8.15. The van der Waals surface area contributed by atoms with Crippen molar-refractivity contribution in [3.05, 3.63) is 0 Å².